The minimum absolute atomic E-state index is 0.142. The van der Waals surface area contributed by atoms with Crippen molar-refractivity contribution in [3.05, 3.63) is 83.9 Å². The third-order valence-corrected chi connectivity index (χ3v) is 8.40. The lowest BCUT2D eigenvalue weighted by atomic mass is 9.81. The van der Waals surface area contributed by atoms with Crippen molar-refractivity contribution in [3.63, 3.8) is 0 Å². The topological polar surface area (TPSA) is 152 Å². The number of rotatable bonds is 10. The van der Waals surface area contributed by atoms with E-state index in [1.165, 1.54) is 7.11 Å². The van der Waals surface area contributed by atoms with Crippen molar-refractivity contribution in [2.24, 2.45) is 11.8 Å². The Bertz CT molecular complexity index is 1740. The average Bonchev–Trinajstić information content (AvgIpc) is 3.50. The maximum Gasteiger partial charge on any atom is 0.407 e. The highest BCUT2D eigenvalue weighted by Gasteiger charge is 2.30. The van der Waals surface area contributed by atoms with Crippen LogP contribution >= 0.6 is 0 Å². The van der Waals surface area contributed by atoms with Gasteiger partial charge in [0.25, 0.3) is 0 Å². The summed E-state index contributed by atoms with van der Waals surface area (Å²) in [5.41, 5.74) is 3.62. The normalized spacial score (nSPS) is 16.8. The van der Waals surface area contributed by atoms with Gasteiger partial charge in [-0.15, -0.1) is 0 Å². The van der Waals surface area contributed by atoms with Crippen molar-refractivity contribution in [2.75, 3.05) is 19.0 Å². The molecule has 0 aliphatic heterocycles. The standard InChI is InChI=1S/C37H43N5O6/c1-37(2,3)48-36(46)38-22-24-10-12-26(13-11-24)33(43)42-31(20-23-8-6-5-7-9-23)34(44)39-28-18-19-29-30(21-28)41-32(40-29)25-14-16-27(17-15-25)35(45)47-4/h5-9,14-19,21,24,26,31H,10-13,20,22H2,1-4H3,(H,38,46)(H,39,44)(H,40,41)(H,42,43)/t24?,26?,31-/m0/s1. The van der Waals surface area contributed by atoms with Gasteiger partial charge >= 0.3 is 12.1 Å². The maximum absolute atomic E-state index is 13.7. The number of H-pyrrole nitrogens is 1. The van der Waals surface area contributed by atoms with Crippen LogP contribution in [0.2, 0.25) is 0 Å². The molecule has 0 spiro atoms. The number of anilines is 1. The molecule has 4 aromatic rings. The molecular weight excluding hydrogens is 610 g/mol. The van der Waals surface area contributed by atoms with E-state index in [9.17, 15) is 19.2 Å². The van der Waals surface area contributed by atoms with Crippen LogP contribution in [0.1, 0.15) is 62.4 Å². The number of hydrogen-bond acceptors (Lipinski definition) is 7. The van der Waals surface area contributed by atoms with E-state index < -0.39 is 23.7 Å². The monoisotopic (exact) mass is 653 g/mol. The Kier molecular flexibility index (Phi) is 10.8. The number of methoxy groups -OCH3 is 1. The zero-order chi connectivity index (χ0) is 34.3. The fourth-order valence-corrected chi connectivity index (χ4v) is 5.85. The number of nitrogens with zero attached hydrogens (tertiary/aromatic N) is 1. The number of aromatic nitrogens is 2. The van der Waals surface area contributed by atoms with E-state index in [1.807, 2.05) is 57.2 Å². The molecule has 1 saturated carbocycles. The van der Waals surface area contributed by atoms with Gasteiger partial charge in [-0.3, -0.25) is 9.59 Å². The largest absolute Gasteiger partial charge is 0.465 e. The molecule has 1 aromatic heterocycles. The summed E-state index contributed by atoms with van der Waals surface area (Å²) in [5.74, 6) is -0.200. The number of nitrogens with one attached hydrogen (secondary N) is 4. The van der Waals surface area contributed by atoms with Gasteiger partial charge in [-0.25, -0.2) is 14.6 Å². The van der Waals surface area contributed by atoms with Crippen molar-refractivity contribution in [3.8, 4) is 11.4 Å². The van der Waals surface area contributed by atoms with Crippen LogP contribution in [0.5, 0.6) is 0 Å². The number of carbonyl (C=O) groups is 4. The van der Waals surface area contributed by atoms with E-state index in [4.69, 9.17) is 9.47 Å². The summed E-state index contributed by atoms with van der Waals surface area (Å²) in [6.45, 7) is 5.98. The molecule has 0 bridgehead atoms. The van der Waals surface area contributed by atoms with Crippen LogP contribution in [-0.4, -0.2) is 59.1 Å². The minimum Gasteiger partial charge on any atom is -0.465 e. The zero-order valence-electron chi connectivity index (χ0n) is 27.8. The highest BCUT2D eigenvalue weighted by Crippen LogP contribution is 2.29. The van der Waals surface area contributed by atoms with E-state index in [2.05, 4.69) is 25.9 Å². The van der Waals surface area contributed by atoms with E-state index in [0.717, 1.165) is 29.5 Å². The second kappa shape index (κ2) is 15.1. The van der Waals surface area contributed by atoms with Gasteiger partial charge < -0.3 is 30.4 Å². The molecule has 4 N–H and O–H groups in total. The first-order valence-electron chi connectivity index (χ1n) is 16.3. The molecule has 3 amide bonds. The molecule has 11 heteroatoms. The van der Waals surface area contributed by atoms with Gasteiger partial charge in [0.05, 0.1) is 23.7 Å². The highest BCUT2D eigenvalue weighted by atomic mass is 16.6. The zero-order valence-corrected chi connectivity index (χ0v) is 27.8. The van der Waals surface area contributed by atoms with Gasteiger partial charge in [-0.1, -0.05) is 42.5 Å². The molecule has 0 radical (unpaired) electrons. The maximum atomic E-state index is 13.7. The van der Waals surface area contributed by atoms with Gasteiger partial charge in [0.2, 0.25) is 11.8 Å². The third-order valence-electron chi connectivity index (χ3n) is 8.40. The number of alkyl carbamates (subject to hydrolysis) is 1. The Morgan fingerprint density at radius 2 is 1.65 bits per heavy atom. The number of imidazole rings is 1. The summed E-state index contributed by atoms with van der Waals surface area (Å²) < 4.78 is 10.1. The van der Waals surface area contributed by atoms with Crippen LogP contribution < -0.4 is 16.0 Å². The van der Waals surface area contributed by atoms with Gasteiger partial charge in [0.1, 0.15) is 17.5 Å². The smallest absolute Gasteiger partial charge is 0.407 e. The van der Waals surface area contributed by atoms with Gasteiger partial charge in [-0.2, -0.15) is 0 Å². The second-order valence-electron chi connectivity index (χ2n) is 13.2. The molecule has 1 atom stereocenters. The number of carbonyl (C=O) groups excluding carboxylic acids is 4. The SMILES string of the molecule is COC(=O)c1ccc(-c2nc3ccc(NC(=O)[C@H](Cc4ccccc4)NC(=O)C4CCC(CNC(=O)OC(C)(C)C)CC4)cc3[nH]2)cc1. The Morgan fingerprint density at radius 3 is 2.31 bits per heavy atom. The molecule has 0 unspecified atom stereocenters. The van der Waals surface area contributed by atoms with Crippen LogP contribution in [0.25, 0.3) is 22.4 Å². The second-order valence-corrected chi connectivity index (χ2v) is 13.2. The van der Waals surface area contributed by atoms with Gasteiger partial charge in [0.15, 0.2) is 0 Å². The molecular formula is C37H43N5O6. The molecule has 3 aromatic carbocycles. The molecule has 1 aliphatic carbocycles. The lowest BCUT2D eigenvalue weighted by molar-refractivity contribution is -0.130. The van der Waals surface area contributed by atoms with Crippen molar-refractivity contribution < 1.29 is 28.7 Å². The number of hydrogen-bond donors (Lipinski definition) is 4. The molecule has 252 valence electrons. The van der Waals surface area contributed by atoms with Crippen LogP contribution in [0.15, 0.2) is 72.8 Å². The fraction of sp³-hybridized carbons (Fsp3) is 0.378. The fourth-order valence-electron chi connectivity index (χ4n) is 5.85. The third kappa shape index (κ3) is 9.21. The molecule has 1 aliphatic rings. The molecule has 1 fully saturated rings. The van der Waals surface area contributed by atoms with E-state index in [1.54, 1.807) is 36.4 Å². The van der Waals surface area contributed by atoms with Gasteiger partial charge in [0, 0.05) is 30.1 Å². The first-order chi connectivity index (χ1) is 23.0. The number of benzene rings is 3. The summed E-state index contributed by atoms with van der Waals surface area (Å²) in [4.78, 5) is 58.9. The van der Waals surface area contributed by atoms with E-state index in [-0.39, 0.29) is 23.7 Å². The first-order valence-corrected chi connectivity index (χ1v) is 16.3. The number of aromatic amines is 1. The quantitative estimate of drug-likeness (QED) is 0.153. The lowest BCUT2D eigenvalue weighted by Gasteiger charge is -2.29. The molecule has 5 rings (SSSR count). The Hall–Kier alpha value is -5.19. The summed E-state index contributed by atoms with van der Waals surface area (Å²) in [7, 11) is 1.34. The molecule has 48 heavy (non-hydrogen) atoms. The van der Waals surface area contributed by atoms with Gasteiger partial charge in [-0.05, 0) is 88.3 Å². The highest BCUT2D eigenvalue weighted by molar-refractivity contribution is 5.99. The minimum atomic E-state index is -0.784. The van der Waals surface area contributed by atoms with Crippen molar-refractivity contribution in [1.82, 2.24) is 20.6 Å². The number of esters is 1. The predicted molar refractivity (Wildman–Crippen MR) is 183 cm³/mol. The van der Waals surface area contributed by atoms with Crippen LogP contribution in [0.3, 0.4) is 0 Å². The van der Waals surface area contributed by atoms with Crippen molar-refractivity contribution in [1.29, 1.82) is 0 Å². The first kappa shape index (κ1) is 34.2. The van der Waals surface area contributed by atoms with E-state index in [0.29, 0.717) is 48.4 Å². The lowest BCUT2D eigenvalue weighted by Crippen LogP contribution is -2.48. The molecule has 0 saturated heterocycles. The summed E-state index contributed by atoms with van der Waals surface area (Å²) in [6.07, 6.45) is 2.85. The Balaban J connectivity index is 1.22. The predicted octanol–water partition coefficient (Wildman–Crippen LogP) is 6.01. The Labute approximate surface area is 280 Å². The summed E-state index contributed by atoms with van der Waals surface area (Å²) in [6, 6.07) is 21.1. The van der Waals surface area contributed by atoms with E-state index >= 15 is 0 Å². The van der Waals surface area contributed by atoms with Crippen molar-refractivity contribution >= 4 is 40.6 Å². The Morgan fingerprint density at radius 1 is 0.938 bits per heavy atom. The molecule has 11 nitrogen and oxygen atoms in total. The van der Waals surface area contributed by atoms with Crippen LogP contribution in [-0.2, 0) is 25.5 Å². The van der Waals surface area contributed by atoms with Crippen LogP contribution in [0, 0.1) is 11.8 Å². The van der Waals surface area contributed by atoms with Crippen molar-refractivity contribution in [2.45, 2.75) is 64.5 Å². The summed E-state index contributed by atoms with van der Waals surface area (Å²) >= 11 is 0. The average molecular weight is 654 g/mol. The number of fused-ring (bicyclic) bond motifs is 1. The number of amides is 3. The summed E-state index contributed by atoms with van der Waals surface area (Å²) in [5, 5.41) is 8.86. The number of ether oxygens (including phenoxy) is 2. The molecule has 1 heterocycles. The van der Waals surface area contributed by atoms with Crippen LogP contribution in [0.4, 0.5) is 10.5 Å².